The van der Waals surface area contributed by atoms with Gasteiger partial charge in [-0.25, -0.2) is 19.7 Å². The number of carbonyl (C=O) groups excluding carboxylic acids is 1. The molecule has 2 N–H and O–H groups in total. The van der Waals surface area contributed by atoms with Gasteiger partial charge in [-0.15, -0.1) is 0 Å². The quantitative estimate of drug-likeness (QED) is 0.748. The summed E-state index contributed by atoms with van der Waals surface area (Å²) in [6.45, 7) is 4.03. The van der Waals surface area contributed by atoms with Gasteiger partial charge in [0, 0.05) is 24.8 Å². The molecule has 3 rings (SSSR count). The number of rotatable bonds is 5. The molecule has 0 bridgehead atoms. The average molecular weight is 381 g/mol. The van der Waals surface area contributed by atoms with E-state index in [4.69, 9.17) is 10.00 Å². The van der Waals surface area contributed by atoms with Gasteiger partial charge in [0.1, 0.15) is 23.3 Å². The minimum Gasteiger partial charge on any atom is -0.465 e. The zero-order valence-electron chi connectivity index (χ0n) is 16.2. The summed E-state index contributed by atoms with van der Waals surface area (Å²) in [5, 5.41) is 15.3. The number of ether oxygens (including phenoxy) is 1. The number of methoxy groups -OCH3 is 1. The van der Waals surface area contributed by atoms with Crippen molar-refractivity contribution >= 4 is 23.3 Å². The minimum atomic E-state index is -0.434. The summed E-state index contributed by atoms with van der Waals surface area (Å²) in [4.78, 5) is 26.9. The normalized spacial score (nSPS) is 15.4. The molecule has 1 fully saturated rings. The first-order chi connectivity index (χ1) is 13.5. The molecule has 146 valence electrons. The second kappa shape index (κ2) is 8.19. The maximum atomic E-state index is 12.3. The first kappa shape index (κ1) is 19.5. The summed E-state index contributed by atoms with van der Waals surface area (Å²) >= 11 is 0. The number of piperidine rings is 1. The Kier molecular flexibility index (Phi) is 5.70. The van der Waals surface area contributed by atoms with Crippen molar-refractivity contribution in [2.75, 3.05) is 37.5 Å². The van der Waals surface area contributed by atoms with Gasteiger partial charge in [0.25, 0.3) is 0 Å². The van der Waals surface area contributed by atoms with Crippen molar-refractivity contribution in [3.8, 4) is 6.07 Å². The van der Waals surface area contributed by atoms with Crippen LogP contribution in [0.15, 0.2) is 24.7 Å². The maximum Gasteiger partial charge on any atom is 0.341 e. The van der Waals surface area contributed by atoms with Gasteiger partial charge in [-0.3, -0.25) is 0 Å². The third kappa shape index (κ3) is 4.02. The second-order valence-corrected chi connectivity index (χ2v) is 6.91. The molecule has 0 aliphatic carbocycles. The third-order valence-electron chi connectivity index (χ3n) is 5.16. The van der Waals surface area contributed by atoms with E-state index in [1.807, 2.05) is 13.1 Å². The molecule has 2 aromatic heterocycles. The fourth-order valence-electron chi connectivity index (χ4n) is 3.23. The highest BCUT2D eigenvalue weighted by Gasteiger charge is 2.33. The summed E-state index contributed by atoms with van der Waals surface area (Å²) in [7, 11) is 3.34. The molecule has 28 heavy (non-hydrogen) atoms. The van der Waals surface area contributed by atoms with Crippen molar-refractivity contribution < 1.29 is 9.53 Å². The van der Waals surface area contributed by atoms with E-state index in [2.05, 4.69) is 37.4 Å². The number of aromatic nitrogens is 3. The molecule has 1 aliphatic heterocycles. The van der Waals surface area contributed by atoms with Crippen LogP contribution in [0.3, 0.4) is 0 Å². The molecule has 0 amide bonds. The molecular weight excluding hydrogens is 358 g/mol. The molecular formula is C19H23N7O2. The van der Waals surface area contributed by atoms with Crippen molar-refractivity contribution in [3.63, 3.8) is 0 Å². The summed E-state index contributed by atoms with van der Waals surface area (Å²) in [5.41, 5.74) is 1.27. The van der Waals surface area contributed by atoms with Gasteiger partial charge in [0.15, 0.2) is 5.69 Å². The highest BCUT2D eigenvalue weighted by atomic mass is 16.5. The van der Waals surface area contributed by atoms with Crippen LogP contribution in [0, 0.1) is 11.3 Å². The number of nitrogens with zero attached hydrogens (tertiary/aromatic N) is 5. The van der Waals surface area contributed by atoms with Crippen molar-refractivity contribution in [1.82, 2.24) is 20.3 Å². The lowest BCUT2D eigenvalue weighted by Crippen LogP contribution is -2.51. The number of nitriles is 1. The number of hydrogen-bond donors (Lipinski definition) is 2. The van der Waals surface area contributed by atoms with Crippen LogP contribution in [0.25, 0.3) is 0 Å². The number of pyridine rings is 1. The standard InChI is InChI=1S/C19H23N7O2/c1-19(4-6-21-7-5-19)26(2)15-8-16(24-11-14(15)18(27)28-3)25-17-12-22-13(9-20)10-23-17/h8,10-12,21H,4-7H2,1-3H3,(H,23,24,25). The van der Waals surface area contributed by atoms with Crippen LogP contribution < -0.4 is 15.5 Å². The van der Waals surface area contributed by atoms with E-state index in [0.29, 0.717) is 17.2 Å². The van der Waals surface area contributed by atoms with Crippen LogP contribution >= 0.6 is 0 Å². The highest BCUT2D eigenvalue weighted by Crippen LogP contribution is 2.33. The smallest absolute Gasteiger partial charge is 0.341 e. The predicted octanol–water partition coefficient (Wildman–Crippen LogP) is 1.85. The fraction of sp³-hybridized carbons (Fsp3) is 0.421. The summed E-state index contributed by atoms with van der Waals surface area (Å²) < 4.78 is 4.94. The molecule has 0 atom stereocenters. The number of carbonyl (C=O) groups is 1. The Morgan fingerprint density at radius 2 is 1.96 bits per heavy atom. The van der Waals surface area contributed by atoms with E-state index in [9.17, 15) is 4.79 Å². The highest BCUT2D eigenvalue weighted by molar-refractivity contribution is 5.96. The lowest BCUT2D eigenvalue weighted by atomic mass is 9.88. The van der Waals surface area contributed by atoms with E-state index in [1.54, 1.807) is 6.07 Å². The largest absolute Gasteiger partial charge is 0.465 e. The first-order valence-electron chi connectivity index (χ1n) is 8.99. The molecule has 2 aromatic rings. The van der Waals surface area contributed by atoms with Crippen LogP contribution in [0.5, 0.6) is 0 Å². The fourth-order valence-corrected chi connectivity index (χ4v) is 3.23. The van der Waals surface area contributed by atoms with Gasteiger partial charge < -0.3 is 20.3 Å². The lowest BCUT2D eigenvalue weighted by Gasteiger charge is -2.44. The van der Waals surface area contributed by atoms with Crippen molar-refractivity contribution in [2.24, 2.45) is 0 Å². The molecule has 1 saturated heterocycles. The third-order valence-corrected chi connectivity index (χ3v) is 5.16. The summed E-state index contributed by atoms with van der Waals surface area (Å²) in [6.07, 6.45) is 6.26. The molecule has 0 spiro atoms. The van der Waals surface area contributed by atoms with E-state index in [-0.39, 0.29) is 11.2 Å². The van der Waals surface area contributed by atoms with E-state index in [1.165, 1.54) is 25.7 Å². The minimum absolute atomic E-state index is 0.0963. The predicted molar refractivity (Wildman–Crippen MR) is 105 cm³/mol. The van der Waals surface area contributed by atoms with Gasteiger partial charge in [-0.2, -0.15) is 5.26 Å². The summed E-state index contributed by atoms with van der Waals surface area (Å²) in [6, 6.07) is 3.73. The number of nitrogens with one attached hydrogen (secondary N) is 2. The lowest BCUT2D eigenvalue weighted by molar-refractivity contribution is 0.0600. The van der Waals surface area contributed by atoms with E-state index in [0.717, 1.165) is 31.6 Å². The van der Waals surface area contributed by atoms with Crippen molar-refractivity contribution in [3.05, 3.63) is 35.9 Å². The monoisotopic (exact) mass is 381 g/mol. The molecule has 0 unspecified atom stereocenters. The summed E-state index contributed by atoms with van der Waals surface area (Å²) in [5.74, 6) is 0.543. The molecule has 3 heterocycles. The van der Waals surface area contributed by atoms with Crippen LogP contribution in [0.4, 0.5) is 17.3 Å². The van der Waals surface area contributed by atoms with Crippen LogP contribution in [0.2, 0.25) is 0 Å². The molecule has 1 aliphatic rings. The van der Waals surface area contributed by atoms with Crippen molar-refractivity contribution in [1.29, 1.82) is 5.26 Å². The van der Waals surface area contributed by atoms with E-state index >= 15 is 0 Å². The Morgan fingerprint density at radius 1 is 1.25 bits per heavy atom. The Morgan fingerprint density at radius 3 is 2.57 bits per heavy atom. The molecule has 0 radical (unpaired) electrons. The Bertz CT molecular complexity index is 886. The van der Waals surface area contributed by atoms with Gasteiger partial charge in [-0.1, -0.05) is 0 Å². The van der Waals surface area contributed by atoms with Gasteiger partial charge in [0.2, 0.25) is 0 Å². The zero-order valence-corrected chi connectivity index (χ0v) is 16.2. The maximum absolute atomic E-state index is 12.3. The van der Waals surface area contributed by atoms with Gasteiger partial charge >= 0.3 is 5.97 Å². The molecule has 9 heteroatoms. The van der Waals surface area contributed by atoms with Gasteiger partial charge in [-0.05, 0) is 32.9 Å². The Balaban J connectivity index is 1.94. The zero-order chi connectivity index (χ0) is 20.1. The van der Waals surface area contributed by atoms with Crippen molar-refractivity contribution in [2.45, 2.75) is 25.3 Å². The van der Waals surface area contributed by atoms with Crippen LogP contribution in [0.1, 0.15) is 35.8 Å². The number of esters is 1. The molecule has 0 aromatic carbocycles. The SMILES string of the molecule is COC(=O)c1cnc(Nc2cnc(C#N)cn2)cc1N(C)C1(C)CCNCC1. The second-order valence-electron chi connectivity index (χ2n) is 6.91. The molecule has 0 saturated carbocycles. The Labute approximate surface area is 163 Å². The average Bonchev–Trinajstić information content (AvgIpc) is 2.73. The van der Waals surface area contributed by atoms with Gasteiger partial charge in [0.05, 0.1) is 25.2 Å². The topological polar surface area (TPSA) is 116 Å². The van der Waals surface area contributed by atoms with Crippen LogP contribution in [-0.2, 0) is 4.74 Å². The Hall–Kier alpha value is -3.25. The van der Waals surface area contributed by atoms with E-state index < -0.39 is 5.97 Å². The number of anilines is 3. The first-order valence-corrected chi connectivity index (χ1v) is 8.99. The van der Waals surface area contributed by atoms with Crippen LogP contribution in [-0.4, -0.2) is 53.7 Å². The number of hydrogen-bond acceptors (Lipinski definition) is 9. The molecule has 9 nitrogen and oxygen atoms in total.